The van der Waals surface area contributed by atoms with Gasteiger partial charge in [0, 0.05) is 18.0 Å². The number of anilines is 1. The summed E-state index contributed by atoms with van der Waals surface area (Å²) in [5, 5.41) is 2.80. The number of ether oxygens (including phenoxy) is 1. The first-order chi connectivity index (χ1) is 13.2. The van der Waals surface area contributed by atoms with Crippen LogP contribution in [0, 0.1) is 0 Å². The molecule has 1 heterocycles. The van der Waals surface area contributed by atoms with Crippen LogP contribution in [-0.4, -0.2) is 30.0 Å². The first-order valence-corrected chi connectivity index (χ1v) is 7.92. The highest BCUT2D eigenvalue weighted by Gasteiger charge is 2.31. The quantitative estimate of drug-likeness (QED) is 0.634. The fourth-order valence-corrected chi connectivity index (χ4v) is 2.09. The molecule has 2 amide bonds. The van der Waals surface area contributed by atoms with Crippen molar-refractivity contribution in [3.8, 4) is 5.75 Å². The van der Waals surface area contributed by atoms with Crippen LogP contribution in [0.5, 0.6) is 5.75 Å². The number of rotatable bonds is 6. The van der Waals surface area contributed by atoms with Gasteiger partial charge in [0.25, 0.3) is 17.4 Å². The normalized spacial score (nSPS) is 10.9. The van der Waals surface area contributed by atoms with Gasteiger partial charge in [-0.15, -0.1) is 0 Å². The molecular weight excluding hydrogens is 381 g/mol. The van der Waals surface area contributed by atoms with Gasteiger partial charge in [-0.05, 0) is 30.3 Å². The minimum atomic E-state index is -4.65. The van der Waals surface area contributed by atoms with Gasteiger partial charge in [-0.3, -0.25) is 25.2 Å². The molecule has 0 saturated heterocycles. The Balaban J connectivity index is 1.83. The molecule has 28 heavy (non-hydrogen) atoms. The summed E-state index contributed by atoms with van der Waals surface area (Å²) in [5.74, 6) is -0.813. The maximum Gasteiger partial charge on any atom is 0.417 e. The highest BCUT2D eigenvalue weighted by atomic mass is 19.4. The van der Waals surface area contributed by atoms with Gasteiger partial charge in [-0.25, -0.2) is 0 Å². The van der Waals surface area contributed by atoms with Crippen molar-refractivity contribution in [3.63, 3.8) is 0 Å². The average molecular weight is 398 g/mol. The SMILES string of the molecule is COc1ccc(NCC(=O)NNC(=O)Cn2cc(C(F)(F)F)ccc2=O)cc1. The Morgan fingerprint density at radius 1 is 1.04 bits per heavy atom. The van der Waals surface area contributed by atoms with Crippen LogP contribution in [-0.2, 0) is 22.3 Å². The van der Waals surface area contributed by atoms with Gasteiger partial charge in [0.2, 0.25) is 0 Å². The second-order valence-electron chi connectivity index (χ2n) is 5.56. The number of nitrogens with one attached hydrogen (secondary N) is 3. The molecule has 150 valence electrons. The van der Waals surface area contributed by atoms with Crippen LogP contribution in [0.2, 0.25) is 0 Å². The molecule has 2 aromatic rings. The van der Waals surface area contributed by atoms with Crippen molar-refractivity contribution in [2.75, 3.05) is 19.0 Å². The average Bonchev–Trinajstić information content (AvgIpc) is 2.66. The van der Waals surface area contributed by atoms with Crippen LogP contribution in [0.4, 0.5) is 18.9 Å². The van der Waals surface area contributed by atoms with E-state index in [0.717, 1.165) is 0 Å². The monoisotopic (exact) mass is 398 g/mol. The van der Waals surface area contributed by atoms with Crippen LogP contribution >= 0.6 is 0 Å². The number of hydrogen-bond acceptors (Lipinski definition) is 5. The number of aromatic nitrogens is 1. The Kier molecular flexibility index (Phi) is 6.64. The van der Waals surface area contributed by atoms with Crippen LogP contribution < -0.4 is 26.5 Å². The fourth-order valence-electron chi connectivity index (χ4n) is 2.09. The molecule has 3 N–H and O–H groups in total. The van der Waals surface area contributed by atoms with E-state index in [9.17, 15) is 27.6 Å². The summed E-state index contributed by atoms with van der Waals surface area (Å²) in [7, 11) is 1.52. The molecule has 0 aliphatic heterocycles. The third-order valence-corrected chi connectivity index (χ3v) is 3.51. The summed E-state index contributed by atoms with van der Waals surface area (Å²) < 4.78 is 43.6. The molecule has 8 nitrogen and oxygen atoms in total. The molecule has 0 bridgehead atoms. The summed E-state index contributed by atoms with van der Waals surface area (Å²) in [6.07, 6.45) is -4.11. The van der Waals surface area contributed by atoms with E-state index in [1.165, 1.54) is 7.11 Å². The van der Waals surface area contributed by atoms with Crippen molar-refractivity contribution in [3.05, 3.63) is 58.5 Å². The van der Waals surface area contributed by atoms with Gasteiger partial charge in [0.05, 0.1) is 19.2 Å². The number of alkyl halides is 3. The van der Waals surface area contributed by atoms with Crippen molar-refractivity contribution in [1.29, 1.82) is 0 Å². The highest BCUT2D eigenvalue weighted by molar-refractivity contribution is 5.84. The van der Waals surface area contributed by atoms with Crippen molar-refractivity contribution < 1.29 is 27.5 Å². The molecular formula is C17H17F3N4O4. The van der Waals surface area contributed by atoms with Crippen LogP contribution in [0.25, 0.3) is 0 Å². The number of hydrogen-bond donors (Lipinski definition) is 3. The molecule has 0 spiro atoms. The van der Waals surface area contributed by atoms with Gasteiger partial charge in [0.15, 0.2) is 0 Å². The van der Waals surface area contributed by atoms with E-state index < -0.39 is 35.7 Å². The first-order valence-electron chi connectivity index (χ1n) is 7.92. The number of carbonyl (C=O) groups excluding carboxylic acids is 2. The molecule has 1 aromatic carbocycles. The standard InChI is InChI=1S/C17H17F3N4O4/c1-28-13-5-3-12(4-6-13)21-8-14(25)22-23-15(26)10-24-9-11(17(18,19)20)2-7-16(24)27/h2-7,9,21H,8,10H2,1H3,(H,22,25)(H,23,26). The smallest absolute Gasteiger partial charge is 0.417 e. The van der Waals surface area contributed by atoms with Gasteiger partial charge in [-0.2, -0.15) is 13.2 Å². The van der Waals surface area contributed by atoms with Crippen molar-refractivity contribution in [2.24, 2.45) is 0 Å². The zero-order valence-electron chi connectivity index (χ0n) is 14.7. The maximum atomic E-state index is 12.7. The zero-order valence-corrected chi connectivity index (χ0v) is 14.7. The van der Waals surface area contributed by atoms with E-state index in [0.29, 0.717) is 34.3 Å². The highest BCUT2D eigenvalue weighted by Crippen LogP contribution is 2.27. The van der Waals surface area contributed by atoms with Crippen LogP contribution in [0.1, 0.15) is 5.56 Å². The van der Waals surface area contributed by atoms with E-state index >= 15 is 0 Å². The molecule has 0 fully saturated rings. The van der Waals surface area contributed by atoms with Crippen molar-refractivity contribution in [2.45, 2.75) is 12.7 Å². The van der Waals surface area contributed by atoms with Crippen molar-refractivity contribution >= 4 is 17.5 Å². The first kappa shape index (κ1) is 20.8. The number of pyridine rings is 1. The Morgan fingerprint density at radius 2 is 1.68 bits per heavy atom. The number of halogens is 3. The number of amides is 2. The number of hydrazine groups is 1. The second kappa shape index (κ2) is 8.93. The molecule has 0 radical (unpaired) electrons. The molecule has 0 unspecified atom stereocenters. The summed E-state index contributed by atoms with van der Waals surface area (Å²) in [6.45, 7) is -0.856. The molecule has 0 aliphatic carbocycles. The summed E-state index contributed by atoms with van der Waals surface area (Å²) in [4.78, 5) is 35.1. The summed E-state index contributed by atoms with van der Waals surface area (Å²) >= 11 is 0. The number of benzene rings is 1. The minimum absolute atomic E-state index is 0.171. The third-order valence-electron chi connectivity index (χ3n) is 3.51. The molecule has 0 aliphatic rings. The van der Waals surface area contributed by atoms with E-state index in [1.807, 2.05) is 5.43 Å². The number of nitrogens with zero attached hydrogens (tertiary/aromatic N) is 1. The van der Waals surface area contributed by atoms with Crippen molar-refractivity contribution in [1.82, 2.24) is 15.4 Å². The van der Waals surface area contributed by atoms with E-state index in [4.69, 9.17) is 4.74 Å². The van der Waals surface area contributed by atoms with Crippen LogP contribution in [0.3, 0.4) is 0 Å². The predicted molar refractivity (Wildman–Crippen MR) is 93.5 cm³/mol. The molecule has 1 aromatic heterocycles. The van der Waals surface area contributed by atoms with E-state index in [2.05, 4.69) is 10.7 Å². The van der Waals surface area contributed by atoms with Gasteiger partial charge >= 0.3 is 6.18 Å². The zero-order chi connectivity index (χ0) is 20.7. The summed E-state index contributed by atoms with van der Waals surface area (Å²) in [6, 6.07) is 8.09. The Bertz CT molecular complexity index is 895. The third kappa shape index (κ3) is 6.04. The second-order valence-corrected chi connectivity index (χ2v) is 5.56. The Labute approximate surface area is 157 Å². The lowest BCUT2D eigenvalue weighted by Gasteiger charge is -2.12. The Hall–Kier alpha value is -3.50. The lowest BCUT2D eigenvalue weighted by molar-refractivity contribution is -0.138. The van der Waals surface area contributed by atoms with Gasteiger partial charge in [-0.1, -0.05) is 0 Å². The lowest BCUT2D eigenvalue weighted by Crippen LogP contribution is -2.46. The minimum Gasteiger partial charge on any atom is -0.497 e. The maximum absolute atomic E-state index is 12.7. The van der Waals surface area contributed by atoms with Gasteiger partial charge < -0.3 is 14.6 Å². The molecule has 11 heteroatoms. The molecule has 0 saturated carbocycles. The van der Waals surface area contributed by atoms with E-state index in [-0.39, 0.29) is 6.54 Å². The number of methoxy groups -OCH3 is 1. The fraction of sp³-hybridized carbons (Fsp3) is 0.235. The Morgan fingerprint density at radius 3 is 2.29 bits per heavy atom. The molecule has 0 atom stereocenters. The lowest BCUT2D eigenvalue weighted by atomic mass is 10.3. The van der Waals surface area contributed by atoms with Gasteiger partial charge in [0.1, 0.15) is 12.3 Å². The van der Waals surface area contributed by atoms with E-state index in [1.54, 1.807) is 24.3 Å². The predicted octanol–water partition coefficient (Wildman–Crippen LogP) is 1.14. The molecule has 2 rings (SSSR count). The van der Waals surface area contributed by atoms with Crippen LogP contribution in [0.15, 0.2) is 47.4 Å². The summed E-state index contributed by atoms with van der Waals surface area (Å²) in [5.41, 5.74) is 2.92. The largest absolute Gasteiger partial charge is 0.497 e. The number of carbonyl (C=O) groups is 2. The topological polar surface area (TPSA) is 101 Å².